The molecule has 22 heavy (non-hydrogen) atoms. The van der Waals surface area contributed by atoms with E-state index in [2.05, 4.69) is 9.71 Å². The van der Waals surface area contributed by atoms with Gasteiger partial charge in [0.05, 0.1) is 19.1 Å². The zero-order valence-corrected chi connectivity index (χ0v) is 13.7. The van der Waals surface area contributed by atoms with Crippen molar-refractivity contribution in [3.8, 4) is 5.75 Å². The van der Waals surface area contributed by atoms with Gasteiger partial charge in [0.1, 0.15) is 5.75 Å². The lowest BCUT2D eigenvalue weighted by Crippen LogP contribution is -2.26. The Bertz CT molecular complexity index is 718. The summed E-state index contributed by atoms with van der Waals surface area (Å²) in [5.74, 6) is 0.615. The predicted molar refractivity (Wildman–Crippen MR) is 86.6 cm³/mol. The Hall–Kier alpha value is -1.63. The summed E-state index contributed by atoms with van der Waals surface area (Å²) in [5.41, 5.74) is 1.67. The molecule has 0 saturated carbocycles. The van der Waals surface area contributed by atoms with Gasteiger partial charge in [-0.15, -0.1) is 0 Å². The summed E-state index contributed by atoms with van der Waals surface area (Å²) in [7, 11) is -1.82. The zero-order valence-electron chi connectivity index (χ0n) is 12.1. The van der Waals surface area contributed by atoms with Gasteiger partial charge in [0.2, 0.25) is 10.0 Å². The molecule has 1 N–H and O–H groups in total. The number of pyridine rings is 1. The van der Waals surface area contributed by atoms with E-state index in [1.165, 1.54) is 7.11 Å². The van der Waals surface area contributed by atoms with Gasteiger partial charge in [-0.1, -0.05) is 23.7 Å². The Kier molecular flexibility index (Phi) is 5.76. The van der Waals surface area contributed by atoms with E-state index < -0.39 is 10.0 Å². The highest BCUT2D eigenvalue weighted by Gasteiger charge is 2.10. The average Bonchev–Trinajstić information content (AvgIpc) is 2.53. The Morgan fingerprint density at radius 1 is 1.18 bits per heavy atom. The van der Waals surface area contributed by atoms with Crippen LogP contribution in [-0.2, 0) is 23.0 Å². The second-order valence-corrected chi connectivity index (χ2v) is 7.11. The number of methoxy groups -OCH3 is 1. The molecule has 0 bridgehead atoms. The van der Waals surface area contributed by atoms with Crippen LogP contribution in [0.25, 0.3) is 0 Å². The third-order valence-electron chi connectivity index (χ3n) is 3.07. The molecule has 1 heterocycles. The van der Waals surface area contributed by atoms with Crippen molar-refractivity contribution < 1.29 is 13.2 Å². The molecule has 1 aromatic carbocycles. The quantitative estimate of drug-likeness (QED) is 0.840. The van der Waals surface area contributed by atoms with Crippen LogP contribution in [0, 0.1) is 0 Å². The van der Waals surface area contributed by atoms with Gasteiger partial charge in [-0.05, 0) is 35.7 Å². The summed E-state index contributed by atoms with van der Waals surface area (Å²) < 4.78 is 31.6. The van der Waals surface area contributed by atoms with Crippen molar-refractivity contribution in [3.05, 3.63) is 58.9 Å². The zero-order chi connectivity index (χ0) is 16.0. The Labute approximate surface area is 135 Å². The lowest BCUT2D eigenvalue weighted by Gasteiger charge is -2.08. The van der Waals surface area contributed by atoms with Crippen molar-refractivity contribution >= 4 is 21.6 Å². The molecule has 2 rings (SSSR count). The molecule has 0 aliphatic heterocycles. The largest absolute Gasteiger partial charge is 0.495 e. The van der Waals surface area contributed by atoms with Gasteiger partial charge in [0, 0.05) is 17.8 Å². The second-order valence-electron chi connectivity index (χ2n) is 4.75. The SMILES string of the molecule is COc1cncc(CNS(=O)(=O)CCc2ccc(Cl)cc2)c1. The lowest BCUT2D eigenvalue weighted by molar-refractivity contribution is 0.412. The van der Waals surface area contributed by atoms with Crippen LogP contribution >= 0.6 is 11.6 Å². The third kappa shape index (κ3) is 5.29. The number of aryl methyl sites for hydroxylation is 1. The molecule has 0 saturated heterocycles. The van der Waals surface area contributed by atoms with Gasteiger partial charge in [-0.2, -0.15) is 0 Å². The number of hydrogen-bond acceptors (Lipinski definition) is 4. The molecular weight excluding hydrogens is 324 g/mol. The molecule has 0 fully saturated rings. The monoisotopic (exact) mass is 340 g/mol. The maximum atomic E-state index is 12.0. The number of benzene rings is 1. The number of rotatable bonds is 7. The summed E-state index contributed by atoms with van der Waals surface area (Å²) in [6, 6.07) is 8.89. The van der Waals surface area contributed by atoms with Crippen LogP contribution in [0.2, 0.25) is 5.02 Å². The highest BCUT2D eigenvalue weighted by molar-refractivity contribution is 7.89. The maximum Gasteiger partial charge on any atom is 0.212 e. The van der Waals surface area contributed by atoms with E-state index in [1.807, 2.05) is 12.1 Å². The van der Waals surface area contributed by atoms with Crippen LogP contribution in [0.3, 0.4) is 0 Å². The fraction of sp³-hybridized carbons (Fsp3) is 0.267. The van der Waals surface area contributed by atoms with Crippen molar-refractivity contribution in [1.82, 2.24) is 9.71 Å². The molecule has 118 valence electrons. The molecule has 0 amide bonds. The highest BCUT2D eigenvalue weighted by atomic mass is 35.5. The molecule has 2 aromatic rings. The Morgan fingerprint density at radius 3 is 2.59 bits per heavy atom. The molecule has 7 heteroatoms. The van der Waals surface area contributed by atoms with Crippen molar-refractivity contribution in [1.29, 1.82) is 0 Å². The summed E-state index contributed by atoms with van der Waals surface area (Å²) in [6.45, 7) is 0.188. The Balaban J connectivity index is 1.89. The summed E-state index contributed by atoms with van der Waals surface area (Å²) in [4.78, 5) is 3.99. The van der Waals surface area contributed by atoms with Gasteiger partial charge in [-0.25, -0.2) is 13.1 Å². The summed E-state index contributed by atoms with van der Waals surface area (Å²) in [5, 5.41) is 0.634. The van der Waals surface area contributed by atoms with Crippen LogP contribution in [0.5, 0.6) is 5.75 Å². The van der Waals surface area contributed by atoms with Gasteiger partial charge < -0.3 is 4.74 Å². The number of hydrogen-bond donors (Lipinski definition) is 1. The topological polar surface area (TPSA) is 68.3 Å². The number of ether oxygens (including phenoxy) is 1. The van der Waals surface area contributed by atoms with Crippen LogP contribution in [0.15, 0.2) is 42.7 Å². The number of nitrogens with one attached hydrogen (secondary N) is 1. The standard InChI is InChI=1S/C15H17ClN2O3S/c1-21-15-8-13(9-17-11-15)10-18-22(19,20)7-6-12-2-4-14(16)5-3-12/h2-5,8-9,11,18H,6-7,10H2,1H3. The molecular formula is C15H17ClN2O3S. The van der Waals surface area contributed by atoms with Crippen LogP contribution in [-0.4, -0.2) is 26.3 Å². The first-order valence-electron chi connectivity index (χ1n) is 6.68. The minimum Gasteiger partial charge on any atom is -0.495 e. The first-order valence-corrected chi connectivity index (χ1v) is 8.71. The number of sulfonamides is 1. The lowest BCUT2D eigenvalue weighted by atomic mass is 10.2. The highest BCUT2D eigenvalue weighted by Crippen LogP contribution is 2.12. The van der Waals surface area contributed by atoms with Crippen LogP contribution < -0.4 is 9.46 Å². The fourth-order valence-electron chi connectivity index (χ4n) is 1.84. The smallest absolute Gasteiger partial charge is 0.212 e. The van der Waals surface area contributed by atoms with Crippen molar-refractivity contribution in [2.24, 2.45) is 0 Å². The van der Waals surface area contributed by atoms with Crippen molar-refractivity contribution in [2.45, 2.75) is 13.0 Å². The van der Waals surface area contributed by atoms with E-state index in [0.717, 1.165) is 11.1 Å². The van der Waals surface area contributed by atoms with Crippen LogP contribution in [0.4, 0.5) is 0 Å². The van der Waals surface area contributed by atoms with E-state index in [4.69, 9.17) is 16.3 Å². The first-order chi connectivity index (χ1) is 10.5. The first kappa shape index (κ1) is 16.7. The molecule has 0 spiro atoms. The van der Waals surface area contributed by atoms with E-state index in [-0.39, 0.29) is 12.3 Å². The predicted octanol–water partition coefficient (Wildman–Crippen LogP) is 2.41. The molecule has 1 aromatic heterocycles. The number of aromatic nitrogens is 1. The maximum absolute atomic E-state index is 12.0. The number of nitrogens with zero attached hydrogens (tertiary/aromatic N) is 1. The molecule has 0 aliphatic carbocycles. The van der Waals surface area contributed by atoms with E-state index in [0.29, 0.717) is 17.2 Å². The van der Waals surface area contributed by atoms with Gasteiger partial charge in [0.25, 0.3) is 0 Å². The molecule has 0 aliphatic rings. The Morgan fingerprint density at radius 2 is 1.91 bits per heavy atom. The van der Waals surface area contributed by atoms with Gasteiger partial charge >= 0.3 is 0 Å². The van der Waals surface area contributed by atoms with Gasteiger partial charge in [0.15, 0.2) is 0 Å². The second kappa shape index (κ2) is 7.58. The minimum atomic E-state index is -3.36. The normalized spacial score (nSPS) is 11.4. The van der Waals surface area contributed by atoms with Crippen molar-refractivity contribution in [2.75, 3.05) is 12.9 Å². The summed E-state index contributed by atoms with van der Waals surface area (Å²) >= 11 is 5.80. The van der Waals surface area contributed by atoms with E-state index in [9.17, 15) is 8.42 Å². The molecule has 0 radical (unpaired) electrons. The summed E-state index contributed by atoms with van der Waals surface area (Å²) in [6.07, 6.45) is 3.60. The molecule has 5 nitrogen and oxygen atoms in total. The van der Waals surface area contributed by atoms with Gasteiger partial charge in [-0.3, -0.25) is 4.98 Å². The number of halogens is 1. The minimum absolute atomic E-state index is 0.0199. The van der Waals surface area contributed by atoms with Crippen LogP contribution in [0.1, 0.15) is 11.1 Å². The average molecular weight is 341 g/mol. The molecule has 0 unspecified atom stereocenters. The van der Waals surface area contributed by atoms with E-state index in [1.54, 1.807) is 30.6 Å². The van der Waals surface area contributed by atoms with Crippen molar-refractivity contribution in [3.63, 3.8) is 0 Å². The van der Waals surface area contributed by atoms with E-state index >= 15 is 0 Å². The third-order valence-corrected chi connectivity index (χ3v) is 4.65. The fourth-order valence-corrected chi connectivity index (χ4v) is 3.00. The molecule has 0 atom stereocenters.